The van der Waals surface area contributed by atoms with Gasteiger partial charge in [0.15, 0.2) is 0 Å². The third-order valence-electron chi connectivity index (χ3n) is 7.30. The van der Waals surface area contributed by atoms with Gasteiger partial charge in [0.1, 0.15) is 5.41 Å². The predicted octanol–water partition coefficient (Wildman–Crippen LogP) is 6.83. The molecule has 0 fully saturated rings. The van der Waals surface area contributed by atoms with E-state index in [-0.39, 0.29) is 6.54 Å². The minimum absolute atomic E-state index is 0.290. The van der Waals surface area contributed by atoms with Crippen molar-refractivity contribution in [2.24, 2.45) is 11.7 Å². The van der Waals surface area contributed by atoms with Crippen molar-refractivity contribution >= 4 is 5.97 Å². The van der Waals surface area contributed by atoms with Crippen molar-refractivity contribution in [2.45, 2.75) is 58.9 Å². The molecule has 1 aromatic heterocycles. The van der Waals surface area contributed by atoms with Gasteiger partial charge in [0.25, 0.3) is 0 Å². The molecule has 4 heteroatoms. The Balaban J connectivity index is 2.10. The Bertz CT molecular complexity index is 1340. The summed E-state index contributed by atoms with van der Waals surface area (Å²) >= 11 is 0. The maximum atomic E-state index is 13.6. The fourth-order valence-electron chi connectivity index (χ4n) is 5.59. The first-order chi connectivity index (χ1) is 18.2. The van der Waals surface area contributed by atoms with E-state index in [4.69, 9.17) is 10.7 Å². The molecular formula is C34H38N2O2. The minimum atomic E-state index is -1.25. The van der Waals surface area contributed by atoms with Crippen LogP contribution in [0.1, 0.15) is 53.1 Å². The maximum Gasteiger partial charge on any atom is 0.314 e. The maximum absolute atomic E-state index is 13.6. The number of carboxylic acid groups (broad SMARTS) is 1. The zero-order valence-electron chi connectivity index (χ0n) is 22.9. The van der Waals surface area contributed by atoms with Crippen LogP contribution >= 0.6 is 0 Å². The SMILES string of the molecule is Cc1ccc(-c2c(CN)c(CC(C)C)nc(C)c2C(Cc2ccccc2)(Cc2ccccc2)C(=O)O)cc1. The number of hydrogen-bond donors (Lipinski definition) is 2. The molecule has 0 bridgehead atoms. The predicted molar refractivity (Wildman–Crippen MR) is 155 cm³/mol. The van der Waals surface area contributed by atoms with Gasteiger partial charge in [-0.2, -0.15) is 0 Å². The quantitative estimate of drug-likeness (QED) is 0.247. The molecule has 0 aliphatic carbocycles. The fraction of sp³-hybridized carbons (Fsp3) is 0.294. The molecule has 0 saturated heterocycles. The topological polar surface area (TPSA) is 76.2 Å². The zero-order valence-corrected chi connectivity index (χ0v) is 22.9. The summed E-state index contributed by atoms with van der Waals surface area (Å²) in [5.41, 5.74) is 13.6. The third kappa shape index (κ3) is 5.71. The lowest BCUT2D eigenvalue weighted by atomic mass is 9.67. The highest BCUT2D eigenvalue weighted by atomic mass is 16.4. The van der Waals surface area contributed by atoms with Crippen LogP contribution in [0.15, 0.2) is 84.9 Å². The highest BCUT2D eigenvalue weighted by molar-refractivity contribution is 5.88. The average molecular weight is 507 g/mol. The van der Waals surface area contributed by atoms with Crippen LogP contribution in [0.3, 0.4) is 0 Å². The Kier molecular flexibility index (Phi) is 8.43. The third-order valence-corrected chi connectivity index (χ3v) is 7.30. The lowest BCUT2D eigenvalue weighted by Crippen LogP contribution is -2.42. The van der Waals surface area contributed by atoms with Crippen LogP contribution < -0.4 is 5.73 Å². The molecule has 0 aliphatic heterocycles. The van der Waals surface area contributed by atoms with E-state index in [2.05, 4.69) is 45.0 Å². The van der Waals surface area contributed by atoms with E-state index in [0.29, 0.717) is 18.8 Å². The Morgan fingerprint density at radius 2 is 1.39 bits per heavy atom. The molecule has 0 spiro atoms. The molecule has 3 aromatic carbocycles. The number of aliphatic carboxylic acids is 1. The summed E-state index contributed by atoms with van der Waals surface area (Å²) < 4.78 is 0. The second kappa shape index (κ2) is 11.7. The van der Waals surface area contributed by atoms with E-state index in [1.54, 1.807) is 0 Å². The van der Waals surface area contributed by atoms with Crippen LogP contribution in [-0.2, 0) is 36.0 Å². The van der Waals surface area contributed by atoms with Gasteiger partial charge in [0, 0.05) is 17.9 Å². The summed E-state index contributed by atoms with van der Waals surface area (Å²) in [7, 11) is 0. The van der Waals surface area contributed by atoms with Gasteiger partial charge in [-0.1, -0.05) is 104 Å². The summed E-state index contributed by atoms with van der Waals surface area (Å²) in [6, 6.07) is 28.1. The monoisotopic (exact) mass is 506 g/mol. The van der Waals surface area contributed by atoms with Gasteiger partial charge >= 0.3 is 5.97 Å². The Morgan fingerprint density at radius 3 is 1.84 bits per heavy atom. The van der Waals surface area contributed by atoms with Gasteiger partial charge in [-0.3, -0.25) is 9.78 Å². The number of nitrogens with two attached hydrogens (primary N) is 1. The van der Waals surface area contributed by atoms with E-state index in [1.807, 2.05) is 67.6 Å². The van der Waals surface area contributed by atoms with E-state index in [9.17, 15) is 9.90 Å². The Hall–Kier alpha value is -3.76. The first-order valence-electron chi connectivity index (χ1n) is 13.4. The van der Waals surface area contributed by atoms with Crippen LogP contribution in [-0.4, -0.2) is 16.1 Å². The summed E-state index contributed by atoms with van der Waals surface area (Å²) in [4.78, 5) is 18.7. The number of aryl methyl sites for hydroxylation is 2. The summed E-state index contributed by atoms with van der Waals surface area (Å²) in [6.07, 6.45) is 1.46. The van der Waals surface area contributed by atoms with Gasteiger partial charge in [0.2, 0.25) is 0 Å². The lowest BCUT2D eigenvalue weighted by molar-refractivity contribution is -0.144. The summed E-state index contributed by atoms with van der Waals surface area (Å²) in [5, 5.41) is 11.2. The summed E-state index contributed by atoms with van der Waals surface area (Å²) in [5.74, 6) is -0.468. The van der Waals surface area contributed by atoms with Crippen molar-refractivity contribution < 1.29 is 9.90 Å². The smallest absolute Gasteiger partial charge is 0.314 e. The van der Waals surface area contributed by atoms with Crippen molar-refractivity contribution in [3.63, 3.8) is 0 Å². The van der Waals surface area contributed by atoms with Gasteiger partial charge in [-0.15, -0.1) is 0 Å². The number of nitrogens with zero attached hydrogens (tertiary/aromatic N) is 1. The number of rotatable bonds is 10. The summed E-state index contributed by atoms with van der Waals surface area (Å²) in [6.45, 7) is 8.65. The van der Waals surface area contributed by atoms with Crippen LogP contribution in [0.5, 0.6) is 0 Å². The molecule has 4 rings (SSSR count). The van der Waals surface area contributed by atoms with Crippen molar-refractivity contribution in [3.8, 4) is 11.1 Å². The normalized spacial score (nSPS) is 11.6. The van der Waals surface area contributed by atoms with Crippen molar-refractivity contribution in [1.82, 2.24) is 4.98 Å². The lowest BCUT2D eigenvalue weighted by Gasteiger charge is -2.35. The molecule has 0 amide bonds. The van der Waals surface area contributed by atoms with Gasteiger partial charge in [-0.25, -0.2) is 0 Å². The highest BCUT2D eigenvalue weighted by Gasteiger charge is 2.45. The number of benzene rings is 3. The van der Waals surface area contributed by atoms with Crippen LogP contribution in [0.2, 0.25) is 0 Å². The van der Waals surface area contributed by atoms with Crippen LogP contribution in [0.4, 0.5) is 0 Å². The average Bonchev–Trinajstić information content (AvgIpc) is 2.89. The van der Waals surface area contributed by atoms with E-state index < -0.39 is 11.4 Å². The fourth-order valence-corrected chi connectivity index (χ4v) is 5.59. The van der Waals surface area contributed by atoms with Crippen LogP contribution in [0, 0.1) is 19.8 Å². The van der Waals surface area contributed by atoms with E-state index in [1.165, 1.54) is 0 Å². The first-order valence-corrected chi connectivity index (χ1v) is 13.4. The molecule has 0 aliphatic rings. The number of hydrogen-bond acceptors (Lipinski definition) is 3. The van der Waals surface area contributed by atoms with E-state index in [0.717, 1.165) is 56.8 Å². The number of aromatic nitrogens is 1. The van der Waals surface area contributed by atoms with E-state index >= 15 is 0 Å². The van der Waals surface area contributed by atoms with Gasteiger partial charge in [0.05, 0.1) is 0 Å². The largest absolute Gasteiger partial charge is 0.481 e. The zero-order chi connectivity index (χ0) is 27.3. The van der Waals surface area contributed by atoms with Crippen molar-refractivity contribution in [2.75, 3.05) is 0 Å². The second-order valence-corrected chi connectivity index (χ2v) is 10.8. The van der Waals surface area contributed by atoms with Gasteiger partial charge in [-0.05, 0) is 72.4 Å². The van der Waals surface area contributed by atoms with Gasteiger partial charge < -0.3 is 10.8 Å². The van der Waals surface area contributed by atoms with Crippen LogP contribution in [0.25, 0.3) is 11.1 Å². The number of carboxylic acids is 1. The second-order valence-electron chi connectivity index (χ2n) is 10.8. The number of carbonyl (C=O) groups is 1. The molecule has 0 unspecified atom stereocenters. The van der Waals surface area contributed by atoms with Crippen molar-refractivity contribution in [3.05, 3.63) is 124 Å². The molecule has 1 heterocycles. The molecule has 196 valence electrons. The Morgan fingerprint density at radius 1 is 0.868 bits per heavy atom. The molecule has 3 N–H and O–H groups in total. The standard InChI is InChI=1S/C34H38N2O2/c1-23(2)19-30-29(22-35)31(28-17-15-24(3)16-18-28)32(25(4)36-30)34(33(37)38,20-26-11-7-5-8-12-26)21-27-13-9-6-10-14-27/h5-18,23H,19-22,35H2,1-4H3,(H,37,38). The first kappa shape index (κ1) is 27.3. The minimum Gasteiger partial charge on any atom is -0.481 e. The van der Waals surface area contributed by atoms with Crippen molar-refractivity contribution in [1.29, 1.82) is 0 Å². The molecular weight excluding hydrogens is 468 g/mol. The Labute approximate surface area is 226 Å². The molecule has 38 heavy (non-hydrogen) atoms. The molecule has 4 aromatic rings. The molecule has 0 atom stereocenters. The number of pyridine rings is 1. The molecule has 4 nitrogen and oxygen atoms in total. The molecule has 0 radical (unpaired) electrons. The highest BCUT2D eigenvalue weighted by Crippen LogP contribution is 2.43. The molecule has 0 saturated carbocycles.